The first kappa shape index (κ1) is 11.5. The molecule has 78 valence electrons. The average molecular weight is 262 g/mol. The summed E-state index contributed by atoms with van der Waals surface area (Å²) in [5, 5.41) is 0. The SMILES string of the molecule is C[C@H](N)c1cc(Br)ccc1OCCF. The van der Waals surface area contributed by atoms with Crippen molar-refractivity contribution < 1.29 is 9.13 Å². The van der Waals surface area contributed by atoms with Crippen LogP contribution in [0.2, 0.25) is 0 Å². The number of nitrogens with two attached hydrogens (primary N) is 1. The Morgan fingerprint density at radius 1 is 1.57 bits per heavy atom. The molecule has 0 fully saturated rings. The summed E-state index contributed by atoms with van der Waals surface area (Å²) < 4.78 is 18.1. The van der Waals surface area contributed by atoms with E-state index < -0.39 is 6.67 Å². The van der Waals surface area contributed by atoms with Crippen molar-refractivity contribution >= 4 is 15.9 Å². The Morgan fingerprint density at radius 2 is 2.29 bits per heavy atom. The molecule has 4 heteroatoms. The summed E-state index contributed by atoms with van der Waals surface area (Å²) in [6.07, 6.45) is 0. The Morgan fingerprint density at radius 3 is 2.86 bits per heavy atom. The van der Waals surface area contributed by atoms with Crippen molar-refractivity contribution in [1.29, 1.82) is 0 Å². The average Bonchev–Trinajstić information content (AvgIpc) is 2.15. The highest BCUT2D eigenvalue weighted by atomic mass is 79.9. The lowest BCUT2D eigenvalue weighted by atomic mass is 10.1. The fourth-order valence-corrected chi connectivity index (χ4v) is 1.53. The van der Waals surface area contributed by atoms with Gasteiger partial charge in [-0.25, -0.2) is 4.39 Å². The minimum atomic E-state index is -0.492. The van der Waals surface area contributed by atoms with Crippen molar-refractivity contribution in [3.05, 3.63) is 28.2 Å². The summed E-state index contributed by atoms with van der Waals surface area (Å²) in [6.45, 7) is 1.44. The van der Waals surface area contributed by atoms with Crippen LogP contribution in [0.15, 0.2) is 22.7 Å². The molecule has 0 bridgehead atoms. The molecular formula is C10H13BrFNO. The molecule has 1 rings (SSSR count). The van der Waals surface area contributed by atoms with E-state index >= 15 is 0 Å². The van der Waals surface area contributed by atoms with E-state index in [2.05, 4.69) is 15.9 Å². The highest BCUT2D eigenvalue weighted by molar-refractivity contribution is 9.10. The molecule has 0 aliphatic carbocycles. The van der Waals surface area contributed by atoms with Gasteiger partial charge in [0.1, 0.15) is 19.0 Å². The Bertz CT molecular complexity index is 304. The fourth-order valence-electron chi connectivity index (χ4n) is 1.16. The summed E-state index contributed by atoms with van der Waals surface area (Å²) in [5.41, 5.74) is 6.64. The van der Waals surface area contributed by atoms with Crippen LogP contribution >= 0.6 is 15.9 Å². The third-order valence-electron chi connectivity index (χ3n) is 1.80. The van der Waals surface area contributed by atoms with Crippen molar-refractivity contribution in [2.24, 2.45) is 5.73 Å². The number of ether oxygens (including phenoxy) is 1. The second-order valence-electron chi connectivity index (χ2n) is 3.01. The lowest BCUT2D eigenvalue weighted by Crippen LogP contribution is -2.09. The Hall–Kier alpha value is -0.610. The van der Waals surface area contributed by atoms with Crippen LogP contribution in [0.4, 0.5) is 4.39 Å². The van der Waals surface area contributed by atoms with E-state index in [9.17, 15) is 4.39 Å². The normalized spacial score (nSPS) is 12.6. The quantitative estimate of drug-likeness (QED) is 0.905. The predicted molar refractivity (Wildman–Crippen MR) is 58.2 cm³/mol. The summed E-state index contributed by atoms with van der Waals surface area (Å²) in [4.78, 5) is 0. The molecule has 0 aliphatic rings. The zero-order valence-corrected chi connectivity index (χ0v) is 9.55. The largest absolute Gasteiger partial charge is 0.491 e. The van der Waals surface area contributed by atoms with E-state index in [1.165, 1.54) is 0 Å². The first-order valence-electron chi connectivity index (χ1n) is 4.39. The molecule has 0 aromatic heterocycles. The van der Waals surface area contributed by atoms with Crippen LogP contribution in [0, 0.1) is 0 Å². The number of rotatable bonds is 4. The molecule has 0 unspecified atom stereocenters. The van der Waals surface area contributed by atoms with Gasteiger partial charge in [-0.15, -0.1) is 0 Å². The second kappa shape index (κ2) is 5.32. The van der Waals surface area contributed by atoms with E-state index in [0.29, 0.717) is 5.75 Å². The first-order valence-corrected chi connectivity index (χ1v) is 5.18. The van der Waals surface area contributed by atoms with Crippen LogP contribution in [0.5, 0.6) is 5.75 Å². The van der Waals surface area contributed by atoms with Gasteiger partial charge in [-0.3, -0.25) is 0 Å². The van der Waals surface area contributed by atoms with Gasteiger partial charge in [0, 0.05) is 16.1 Å². The minimum Gasteiger partial charge on any atom is -0.491 e. The lowest BCUT2D eigenvalue weighted by Gasteiger charge is -2.13. The smallest absolute Gasteiger partial charge is 0.124 e. The van der Waals surface area contributed by atoms with Crippen LogP contribution < -0.4 is 10.5 Å². The van der Waals surface area contributed by atoms with E-state index in [0.717, 1.165) is 10.0 Å². The molecule has 0 spiro atoms. The van der Waals surface area contributed by atoms with Gasteiger partial charge in [0.2, 0.25) is 0 Å². The van der Waals surface area contributed by atoms with Crippen molar-refractivity contribution in [3.63, 3.8) is 0 Å². The molecule has 0 saturated heterocycles. The lowest BCUT2D eigenvalue weighted by molar-refractivity contribution is 0.270. The van der Waals surface area contributed by atoms with Crippen molar-refractivity contribution in [1.82, 2.24) is 0 Å². The third kappa shape index (κ3) is 2.96. The Kier molecular flexibility index (Phi) is 4.35. The molecule has 2 N–H and O–H groups in total. The van der Waals surface area contributed by atoms with Gasteiger partial charge in [0.25, 0.3) is 0 Å². The molecule has 0 saturated carbocycles. The minimum absolute atomic E-state index is 0.0708. The van der Waals surface area contributed by atoms with Gasteiger partial charge in [0.15, 0.2) is 0 Å². The molecule has 0 heterocycles. The maximum Gasteiger partial charge on any atom is 0.124 e. The van der Waals surface area contributed by atoms with Crippen LogP contribution in [0.25, 0.3) is 0 Å². The van der Waals surface area contributed by atoms with E-state index in [1.807, 2.05) is 19.1 Å². The summed E-state index contributed by atoms with van der Waals surface area (Å²) in [5.74, 6) is 0.654. The topological polar surface area (TPSA) is 35.2 Å². The predicted octanol–water partition coefficient (Wildman–Crippen LogP) is 2.82. The van der Waals surface area contributed by atoms with E-state index in [-0.39, 0.29) is 12.6 Å². The van der Waals surface area contributed by atoms with E-state index in [4.69, 9.17) is 10.5 Å². The Balaban J connectivity index is 2.90. The maximum absolute atomic E-state index is 11.9. The molecule has 0 radical (unpaired) electrons. The highest BCUT2D eigenvalue weighted by Crippen LogP contribution is 2.27. The molecule has 1 aromatic rings. The maximum atomic E-state index is 11.9. The summed E-state index contributed by atoms with van der Waals surface area (Å²) >= 11 is 3.35. The van der Waals surface area contributed by atoms with Gasteiger partial charge >= 0.3 is 0 Å². The van der Waals surface area contributed by atoms with Gasteiger partial charge in [-0.2, -0.15) is 0 Å². The first-order chi connectivity index (χ1) is 6.65. The molecule has 1 atom stereocenters. The van der Waals surface area contributed by atoms with Crippen LogP contribution in [0.3, 0.4) is 0 Å². The second-order valence-corrected chi connectivity index (χ2v) is 3.92. The molecule has 0 amide bonds. The summed E-state index contributed by atoms with van der Waals surface area (Å²) in [7, 11) is 0. The van der Waals surface area contributed by atoms with Crippen LogP contribution in [-0.4, -0.2) is 13.3 Å². The van der Waals surface area contributed by atoms with Gasteiger partial charge in [-0.05, 0) is 25.1 Å². The van der Waals surface area contributed by atoms with Gasteiger partial charge in [0.05, 0.1) is 0 Å². The molecular weight excluding hydrogens is 249 g/mol. The number of hydrogen-bond donors (Lipinski definition) is 1. The van der Waals surface area contributed by atoms with E-state index in [1.54, 1.807) is 6.07 Å². The van der Waals surface area contributed by atoms with Gasteiger partial charge < -0.3 is 10.5 Å². The zero-order valence-electron chi connectivity index (χ0n) is 7.97. The molecule has 1 aromatic carbocycles. The van der Waals surface area contributed by atoms with Crippen molar-refractivity contribution in [2.75, 3.05) is 13.3 Å². The third-order valence-corrected chi connectivity index (χ3v) is 2.29. The van der Waals surface area contributed by atoms with Gasteiger partial charge in [-0.1, -0.05) is 15.9 Å². The standard InChI is InChI=1S/C10H13BrFNO/c1-7(13)9-6-8(11)2-3-10(9)14-5-4-12/h2-3,6-7H,4-5,13H2,1H3/t7-/m0/s1. The number of halogens is 2. The fraction of sp³-hybridized carbons (Fsp3) is 0.400. The van der Waals surface area contributed by atoms with Crippen molar-refractivity contribution in [2.45, 2.75) is 13.0 Å². The number of alkyl halides is 1. The molecule has 2 nitrogen and oxygen atoms in total. The number of hydrogen-bond acceptors (Lipinski definition) is 2. The summed E-state index contributed by atoms with van der Waals surface area (Å²) in [6, 6.07) is 5.40. The van der Waals surface area contributed by atoms with Crippen molar-refractivity contribution in [3.8, 4) is 5.75 Å². The molecule has 0 aliphatic heterocycles. The highest BCUT2D eigenvalue weighted by Gasteiger charge is 2.08. The number of benzene rings is 1. The monoisotopic (exact) mass is 261 g/mol. The molecule has 14 heavy (non-hydrogen) atoms. The van der Waals surface area contributed by atoms with Crippen LogP contribution in [-0.2, 0) is 0 Å². The van der Waals surface area contributed by atoms with Crippen LogP contribution in [0.1, 0.15) is 18.5 Å². The Labute approximate surface area is 91.4 Å². The zero-order chi connectivity index (χ0) is 10.6.